The molecule has 4 aromatic rings. The fourth-order valence-electron chi connectivity index (χ4n) is 3.30. The van der Waals surface area contributed by atoms with E-state index in [0.29, 0.717) is 5.57 Å². The zero-order chi connectivity index (χ0) is 20.8. The van der Waals surface area contributed by atoms with Crippen molar-refractivity contribution in [3.05, 3.63) is 125 Å². The monoisotopic (exact) mass is 450 g/mol. The van der Waals surface area contributed by atoms with E-state index >= 15 is 0 Å². The van der Waals surface area contributed by atoms with Gasteiger partial charge in [0.2, 0.25) is 0 Å². The fourth-order valence-corrected chi connectivity index (χ4v) is 3.56. The van der Waals surface area contributed by atoms with E-state index in [1.165, 1.54) is 0 Å². The van der Waals surface area contributed by atoms with E-state index in [4.69, 9.17) is 0 Å². The number of hydrogen-bond acceptors (Lipinski definition) is 2. The van der Waals surface area contributed by atoms with Gasteiger partial charge in [-0.15, -0.1) is 0 Å². The van der Waals surface area contributed by atoms with Crippen LogP contribution >= 0.6 is 15.9 Å². The van der Waals surface area contributed by atoms with Crippen LogP contribution in [0.1, 0.15) is 11.1 Å². The van der Waals surface area contributed by atoms with Crippen LogP contribution in [0.15, 0.2) is 114 Å². The van der Waals surface area contributed by atoms with Gasteiger partial charge in [0.25, 0.3) is 0 Å². The number of benzene rings is 4. The molecule has 3 heteroatoms. The maximum Gasteiger partial charge on any atom is 0.0998 e. The van der Waals surface area contributed by atoms with Crippen LogP contribution in [0, 0.1) is 11.3 Å². The van der Waals surface area contributed by atoms with Crippen molar-refractivity contribution in [2.45, 2.75) is 0 Å². The molecule has 30 heavy (non-hydrogen) atoms. The lowest BCUT2D eigenvalue weighted by Crippen LogP contribution is -2.09. The molecule has 0 saturated carbocycles. The lowest BCUT2D eigenvalue weighted by atomic mass is 10.0. The third kappa shape index (κ3) is 4.51. The molecular formula is C27H19BrN2. The minimum absolute atomic E-state index is 0.637. The van der Waals surface area contributed by atoms with Crippen molar-refractivity contribution in [1.82, 2.24) is 0 Å². The highest BCUT2D eigenvalue weighted by Gasteiger charge is 2.11. The zero-order valence-corrected chi connectivity index (χ0v) is 17.8. The summed E-state index contributed by atoms with van der Waals surface area (Å²) >= 11 is 3.44. The normalized spacial score (nSPS) is 11.0. The Morgan fingerprint density at radius 1 is 0.667 bits per heavy atom. The molecule has 0 fully saturated rings. The largest absolute Gasteiger partial charge is 0.311 e. The third-order valence-corrected chi connectivity index (χ3v) is 5.30. The highest BCUT2D eigenvalue weighted by atomic mass is 79.9. The Balaban J connectivity index is 1.69. The van der Waals surface area contributed by atoms with Crippen LogP contribution in [0.5, 0.6) is 0 Å². The number of para-hydroxylation sites is 2. The van der Waals surface area contributed by atoms with E-state index in [9.17, 15) is 5.26 Å². The van der Waals surface area contributed by atoms with Crippen molar-refractivity contribution in [1.29, 1.82) is 5.26 Å². The van der Waals surface area contributed by atoms with Crippen LogP contribution in [-0.2, 0) is 0 Å². The van der Waals surface area contributed by atoms with Crippen molar-refractivity contribution >= 4 is 44.6 Å². The molecule has 0 aliphatic carbocycles. The standard InChI is InChI=1S/C27H19BrN2/c28-24-15-13-22(14-16-24)23(20-29)19-21-11-17-27(18-12-21)30(25-7-3-1-4-8-25)26-9-5-2-6-10-26/h1-19H/b23-19+. The van der Waals surface area contributed by atoms with E-state index in [0.717, 1.165) is 32.7 Å². The van der Waals surface area contributed by atoms with Crippen LogP contribution in [0.25, 0.3) is 11.6 Å². The molecule has 0 saturated heterocycles. The smallest absolute Gasteiger partial charge is 0.0998 e. The molecule has 0 aromatic heterocycles. The van der Waals surface area contributed by atoms with Gasteiger partial charge in [-0.25, -0.2) is 0 Å². The summed E-state index contributed by atoms with van der Waals surface area (Å²) in [5, 5.41) is 9.61. The molecular weight excluding hydrogens is 432 g/mol. The summed E-state index contributed by atoms with van der Waals surface area (Å²) in [6, 6.07) is 39.0. The number of anilines is 3. The average Bonchev–Trinajstić information content (AvgIpc) is 2.81. The van der Waals surface area contributed by atoms with Gasteiger partial charge in [-0.1, -0.05) is 76.6 Å². The van der Waals surface area contributed by atoms with Gasteiger partial charge in [-0.05, 0) is 65.7 Å². The predicted molar refractivity (Wildman–Crippen MR) is 129 cm³/mol. The molecule has 0 aliphatic heterocycles. The molecule has 0 heterocycles. The van der Waals surface area contributed by atoms with Crippen LogP contribution < -0.4 is 4.90 Å². The van der Waals surface area contributed by atoms with Gasteiger partial charge in [0.15, 0.2) is 0 Å². The maximum absolute atomic E-state index is 9.61. The molecule has 4 rings (SSSR count). The highest BCUT2D eigenvalue weighted by Crippen LogP contribution is 2.34. The van der Waals surface area contributed by atoms with Gasteiger partial charge in [0.1, 0.15) is 0 Å². The van der Waals surface area contributed by atoms with Gasteiger partial charge < -0.3 is 4.90 Å². The topological polar surface area (TPSA) is 27.0 Å². The second-order valence-corrected chi connectivity index (χ2v) is 7.69. The van der Waals surface area contributed by atoms with Crippen LogP contribution in [0.4, 0.5) is 17.1 Å². The lowest BCUT2D eigenvalue weighted by molar-refractivity contribution is 1.28. The van der Waals surface area contributed by atoms with Crippen molar-refractivity contribution in [2.24, 2.45) is 0 Å². The fraction of sp³-hybridized carbons (Fsp3) is 0. The second kappa shape index (κ2) is 9.26. The lowest BCUT2D eigenvalue weighted by Gasteiger charge is -2.25. The van der Waals surface area contributed by atoms with Crippen molar-refractivity contribution in [3.8, 4) is 6.07 Å². The van der Waals surface area contributed by atoms with E-state index in [1.54, 1.807) is 0 Å². The first-order valence-corrected chi connectivity index (χ1v) is 10.4. The number of hydrogen-bond donors (Lipinski definition) is 0. The quantitative estimate of drug-likeness (QED) is 0.227. The molecule has 2 nitrogen and oxygen atoms in total. The SMILES string of the molecule is N#C/C(=C\c1ccc(N(c2ccccc2)c2ccccc2)cc1)c1ccc(Br)cc1. The number of halogens is 1. The number of nitriles is 1. The molecule has 144 valence electrons. The molecule has 0 amide bonds. The Labute approximate surface area is 185 Å². The van der Waals surface area contributed by atoms with E-state index in [2.05, 4.69) is 63.3 Å². The first-order chi connectivity index (χ1) is 14.7. The van der Waals surface area contributed by atoms with E-state index in [1.807, 2.05) is 78.9 Å². The van der Waals surface area contributed by atoms with Crippen molar-refractivity contribution in [2.75, 3.05) is 4.90 Å². The Morgan fingerprint density at radius 3 is 1.67 bits per heavy atom. The van der Waals surface area contributed by atoms with Crippen molar-refractivity contribution < 1.29 is 0 Å². The zero-order valence-electron chi connectivity index (χ0n) is 16.2. The molecule has 0 unspecified atom stereocenters. The van der Waals surface area contributed by atoms with Crippen LogP contribution in [0.3, 0.4) is 0 Å². The van der Waals surface area contributed by atoms with Crippen LogP contribution in [-0.4, -0.2) is 0 Å². The minimum Gasteiger partial charge on any atom is -0.311 e. The predicted octanol–water partition coefficient (Wildman–Crippen LogP) is 7.98. The molecule has 0 spiro atoms. The van der Waals surface area contributed by atoms with Gasteiger partial charge in [0.05, 0.1) is 11.6 Å². The molecule has 0 N–H and O–H groups in total. The van der Waals surface area contributed by atoms with Gasteiger partial charge in [-0.3, -0.25) is 0 Å². The molecule has 0 bridgehead atoms. The Morgan fingerprint density at radius 2 is 1.17 bits per heavy atom. The maximum atomic E-state index is 9.61. The number of rotatable bonds is 5. The number of allylic oxidation sites excluding steroid dienone is 1. The summed E-state index contributed by atoms with van der Waals surface area (Å²) in [6.45, 7) is 0. The summed E-state index contributed by atoms with van der Waals surface area (Å²) in [4.78, 5) is 2.22. The molecule has 0 aliphatic rings. The first-order valence-electron chi connectivity index (χ1n) is 9.62. The molecule has 0 atom stereocenters. The van der Waals surface area contributed by atoms with Gasteiger partial charge >= 0.3 is 0 Å². The highest BCUT2D eigenvalue weighted by molar-refractivity contribution is 9.10. The second-order valence-electron chi connectivity index (χ2n) is 6.77. The van der Waals surface area contributed by atoms with Gasteiger partial charge in [0, 0.05) is 21.5 Å². The average molecular weight is 451 g/mol. The Kier molecular flexibility index (Phi) is 6.08. The van der Waals surface area contributed by atoms with Gasteiger partial charge in [-0.2, -0.15) is 5.26 Å². The Bertz CT molecular complexity index is 1130. The number of nitrogens with zero attached hydrogens (tertiary/aromatic N) is 2. The summed E-state index contributed by atoms with van der Waals surface area (Å²) < 4.78 is 0.995. The first kappa shape index (κ1) is 19.7. The minimum atomic E-state index is 0.637. The molecule has 4 aromatic carbocycles. The summed E-state index contributed by atoms with van der Waals surface area (Å²) in [5.41, 5.74) is 5.78. The Hall–Kier alpha value is -3.61. The summed E-state index contributed by atoms with van der Waals surface area (Å²) in [7, 11) is 0. The third-order valence-electron chi connectivity index (χ3n) is 4.77. The summed E-state index contributed by atoms with van der Waals surface area (Å²) in [5.74, 6) is 0. The van der Waals surface area contributed by atoms with Crippen LogP contribution in [0.2, 0.25) is 0 Å². The van der Waals surface area contributed by atoms with E-state index in [-0.39, 0.29) is 0 Å². The van der Waals surface area contributed by atoms with Crippen molar-refractivity contribution in [3.63, 3.8) is 0 Å². The molecule has 0 radical (unpaired) electrons. The summed E-state index contributed by atoms with van der Waals surface area (Å²) in [6.07, 6.45) is 1.92. The van der Waals surface area contributed by atoms with E-state index < -0.39 is 0 Å².